The third-order valence-electron chi connectivity index (χ3n) is 12.6. The average Bonchev–Trinajstić information content (AvgIpc) is 3.33. The number of hydrogen-bond acceptors (Lipinski definition) is 2. The number of rotatable bonds is 7. The van der Waals surface area contributed by atoms with Gasteiger partial charge in [0.25, 0.3) is 0 Å². The molecule has 0 amide bonds. The first kappa shape index (κ1) is 36.4. The van der Waals surface area contributed by atoms with E-state index in [0.717, 1.165) is 22.7 Å². The molecule has 0 atom stereocenters. The van der Waals surface area contributed by atoms with Crippen LogP contribution in [0, 0.1) is 0 Å². The Balaban J connectivity index is 1.19. The van der Waals surface area contributed by atoms with Crippen LogP contribution < -0.4 is 9.80 Å². The molecule has 0 bridgehead atoms. The zero-order chi connectivity index (χ0) is 40.9. The summed E-state index contributed by atoms with van der Waals surface area (Å²) in [6, 6.07) is 84.2. The first-order valence-electron chi connectivity index (χ1n) is 21.2. The fourth-order valence-electron chi connectivity index (χ4n) is 9.72. The lowest BCUT2D eigenvalue weighted by Crippen LogP contribution is -2.32. The second kappa shape index (κ2) is 14.9. The van der Waals surface area contributed by atoms with Crippen molar-refractivity contribution in [2.24, 2.45) is 0 Å². The van der Waals surface area contributed by atoms with Gasteiger partial charge in [0.2, 0.25) is 0 Å². The molecule has 2 nitrogen and oxygen atoms in total. The van der Waals surface area contributed by atoms with Crippen LogP contribution in [0.15, 0.2) is 231 Å². The lowest BCUT2D eigenvalue weighted by Gasteiger charge is -2.44. The molecule has 61 heavy (non-hydrogen) atoms. The van der Waals surface area contributed by atoms with Crippen LogP contribution in [0.1, 0.15) is 25.0 Å². The Morgan fingerprint density at radius 3 is 1.49 bits per heavy atom. The molecule has 0 aliphatic carbocycles. The third-order valence-corrected chi connectivity index (χ3v) is 12.6. The van der Waals surface area contributed by atoms with Gasteiger partial charge >= 0.3 is 0 Å². The number of nitrogens with zero attached hydrogens (tertiary/aromatic N) is 2. The van der Waals surface area contributed by atoms with Crippen molar-refractivity contribution in [2.75, 3.05) is 9.80 Å². The molecule has 0 saturated carbocycles. The van der Waals surface area contributed by atoms with Crippen LogP contribution in [0.25, 0.3) is 54.9 Å². The molecule has 0 saturated heterocycles. The van der Waals surface area contributed by atoms with Gasteiger partial charge in [-0.2, -0.15) is 0 Å². The second-order valence-electron chi connectivity index (χ2n) is 16.5. The van der Waals surface area contributed by atoms with Crippen LogP contribution in [0.2, 0.25) is 0 Å². The molecule has 1 heterocycles. The summed E-state index contributed by atoms with van der Waals surface area (Å²) in [5.74, 6) is 0. The number of hydrogen-bond donors (Lipinski definition) is 0. The summed E-state index contributed by atoms with van der Waals surface area (Å²) in [4.78, 5) is 5.01. The second-order valence-corrected chi connectivity index (χ2v) is 16.5. The van der Waals surface area contributed by atoms with Crippen LogP contribution in [0.3, 0.4) is 0 Å². The lowest BCUT2D eigenvalue weighted by atomic mass is 9.70. The van der Waals surface area contributed by atoms with Gasteiger partial charge < -0.3 is 9.80 Å². The molecular formula is C59H44N2. The van der Waals surface area contributed by atoms with Crippen molar-refractivity contribution in [2.45, 2.75) is 19.3 Å². The molecular weight excluding hydrogens is 737 g/mol. The van der Waals surface area contributed by atoms with E-state index in [9.17, 15) is 0 Å². The van der Waals surface area contributed by atoms with E-state index < -0.39 is 0 Å². The number of benzene rings is 10. The van der Waals surface area contributed by atoms with Gasteiger partial charge in [-0.1, -0.05) is 202 Å². The maximum absolute atomic E-state index is 2.56. The van der Waals surface area contributed by atoms with Gasteiger partial charge in [0.15, 0.2) is 0 Å². The van der Waals surface area contributed by atoms with Crippen LogP contribution in [-0.2, 0) is 5.41 Å². The fraction of sp³-hybridized carbons (Fsp3) is 0.0508. The van der Waals surface area contributed by atoms with Gasteiger partial charge in [-0.25, -0.2) is 0 Å². The van der Waals surface area contributed by atoms with Crippen molar-refractivity contribution in [3.8, 4) is 33.4 Å². The first-order chi connectivity index (χ1) is 30.0. The van der Waals surface area contributed by atoms with E-state index >= 15 is 0 Å². The Hall–Kier alpha value is -7.68. The van der Waals surface area contributed by atoms with Crippen LogP contribution in [0.5, 0.6) is 0 Å². The first-order valence-corrected chi connectivity index (χ1v) is 21.2. The highest BCUT2D eigenvalue weighted by Gasteiger charge is 2.40. The molecule has 10 aromatic rings. The molecule has 0 fully saturated rings. The third kappa shape index (κ3) is 6.19. The van der Waals surface area contributed by atoms with Gasteiger partial charge in [0.1, 0.15) is 0 Å². The van der Waals surface area contributed by atoms with E-state index in [1.54, 1.807) is 0 Å². The molecule has 10 aromatic carbocycles. The minimum absolute atomic E-state index is 0.305. The van der Waals surface area contributed by atoms with Gasteiger partial charge in [-0.15, -0.1) is 0 Å². The van der Waals surface area contributed by atoms with Crippen LogP contribution >= 0.6 is 0 Å². The molecule has 11 rings (SSSR count). The molecule has 0 spiro atoms. The van der Waals surface area contributed by atoms with E-state index in [2.05, 4.69) is 254 Å². The summed E-state index contributed by atoms with van der Waals surface area (Å²) in [6.45, 7) is 4.80. The Bertz CT molecular complexity index is 3110. The highest BCUT2D eigenvalue weighted by Crippen LogP contribution is 2.58. The SMILES string of the molecule is CC1(C)c2ccccc2N(c2c(N(c3ccc(-c4ccccc4)cc3)c3ccc(-c4ccccc4)cc3)ccc3ccccc23)c2cccc(-c3cccc4ccccc34)c21. The largest absolute Gasteiger partial charge is 0.308 e. The molecule has 0 radical (unpaired) electrons. The summed E-state index contributed by atoms with van der Waals surface area (Å²) < 4.78 is 0. The quantitative estimate of drug-likeness (QED) is 0.159. The smallest absolute Gasteiger partial charge is 0.0781 e. The molecule has 290 valence electrons. The summed E-state index contributed by atoms with van der Waals surface area (Å²) >= 11 is 0. The monoisotopic (exact) mass is 780 g/mol. The van der Waals surface area contributed by atoms with Crippen LogP contribution in [0.4, 0.5) is 34.1 Å². The normalized spacial score (nSPS) is 12.9. The van der Waals surface area contributed by atoms with Gasteiger partial charge in [-0.05, 0) is 103 Å². The number of fused-ring (bicyclic) bond motifs is 4. The Kier molecular flexibility index (Phi) is 8.86. The zero-order valence-corrected chi connectivity index (χ0v) is 34.3. The van der Waals surface area contributed by atoms with Crippen molar-refractivity contribution >= 4 is 55.7 Å². The predicted molar refractivity (Wildman–Crippen MR) is 259 cm³/mol. The van der Waals surface area contributed by atoms with Crippen molar-refractivity contribution in [3.05, 3.63) is 242 Å². The van der Waals surface area contributed by atoms with Crippen molar-refractivity contribution in [1.29, 1.82) is 0 Å². The summed E-state index contributed by atoms with van der Waals surface area (Å²) in [7, 11) is 0. The topological polar surface area (TPSA) is 6.48 Å². The van der Waals surface area contributed by atoms with Gasteiger partial charge in [0, 0.05) is 22.2 Å². The van der Waals surface area contributed by atoms with E-state index in [4.69, 9.17) is 0 Å². The van der Waals surface area contributed by atoms with Crippen molar-refractivity contribution < 1.29 is 0 Å². The number of para-hydroxylation sites is 1. The minimum Gasteiger partial charge on any atom is -0.308 e. The number of anilines is 6. The maximum atomic E-state index is 2.56. The minimum atomic E-state index is -0.305. The van der Waals surface area contributed by atoms with E-state index in [-0.39, 0.29) is 5.41 Å². The van der Waals surface area contributed by atoms with E-state index in [1.807, 2.05) is 0 Å². The highest BCUT2D eigenvalue weighted by atomic mass is 15.2. The lowest BCUT2D eigenvalue weighted by molar-refractivity contribution is 0.634. The molecule has 1 aliphatic rings. The van der Waals surface area contributed by atoms with E-state index in [0.29, 0.717) is 0 Å². The standard InChI is InChI=1S/C59H44N2/c1-59(2)53-28-13-14-29-54(53)61(55-30-16-27-52(57(55)59)51-26-15-23-45-21-9-11-24-49(45)51)58-50-25-12-10-22-46(50)35-40-56(58)60(47-36-31-43(32-37-47)41-17-5-3-6-18-41)48-38-33-44(34-39-48)42-19-7-4-8-20-42/h3-40H,1-2H3. The molecule has 0 unspecified atom stereocenters. The van der Waals surface area contributed by atoms with Gasteiger partial charge in [0.05, 0.1) is 22.7 Å². The summed E-state index contributed by atoms with van der Waals surface area (Å²) in [5, 5.41) is 4.87. The van der Waals surface area contributed by atoms with E-state index in [1.165, 1.54) is 77.4 Å². The van der Waals surface area contributed by atoms with Gasteiger partial charge in [-0.3, -0.25) is 0 Å². The van der Waals surface area contributed by atoms with Crippen LogP contribution in [-0.4, -0.2) is 0 Å². The van der Waals surface area contributed by atoms with Crippen molar-refractivity contribution in [1.82, 2.24) is 0 Å². The summed E-state index contributed by atoms with van der Waals surface area (Å²) in [5.41, 5.74) is 16.3. The Labute approximate surface area is 358 Å². The molecule has 0 aromatic heterocycles. The molecule has 1 aliphatic heterocycles. The molecule has 2 heteroatoms. The summed E-state index contributed by atoms with van der Waals surface area (Å²) in [6.07, 6.45) is 0. The predicted octanol–water partition coefficient (Wildman–Crippen LogP) is 16.6. The highest BCUT2D eigenvalue weighted by molar-refractivity contribution is 6.09. The fourth-order valence-corrected chi connectivity index (χ4v) is 9.72. The Morgan fingerprint density at radius 2 is 0.836 bits per heavy atom. The Morgan fingerprint density at radius 1 is 0.361 bits per heavy atom. The maximum Gasteiger partial charge on any atom is 0.0781 e. The average molecular weight is 781 g/mol. The molecule has 0 N–H and O–H groups in total. The van der Waals surface area contributed by atoms with Crippen molar-refractivity contribution in [3.63, 3.8) is 0 Å². The zero-order valence-electron chi connectivity index (χ0n) is 34.3.